The Balaban J connectivity index is 2.22. The van der Waals surface area contributed by atoms with Crippen LogP contribution < -0.4 is 10.6 Å². The predicted octanol–water partition coefficient (Wildman–Crippen LogP) is 2.14. The largest absolute Gasteiger partial charge is 0.353 e. The van der Waals surface area contributed by atoms with Crippen LogP contribution in [-0.4, -0.2) is 47.6 Å². The highest BCUT2D eigenvalue weighted by Gasteiger charge is 2.27. The molecular formula is C16H33N3O. The van der Waals surface area contributed by atoms with E-state index in [9.17, 15) is 4.79 Å². The molecule has 0 radical (unpaired) electrons. The average molecular weight is 283 g/mol. The molecule has 4 heteroatoms. The first-order chi connectivity index (χ1) is 9.08. The van der Waals surface area contributed by atoms with Crippen LogP contribution in [0.1, 0.15) is 60.8 Å². The van der Waals surface area contributed by atoms with Crippen LogP contribution in [0, 0.1) is 0 Å². The van der Waals surface area contributed by atoms with Crippen molar-refractivity contribution in [2.24, 2.45) is 0 Å². The molecule has 1 saturated heterocycles. The second kappa shape index (κ2) is 6.90. The highest BCUT2D eigenvalue weighted by Crippen LogP contribution is 2.20. The number of nitrogens with one attached hydrogen (secondary N) is 2. The van der Waals surface area contributed by atoms with Crippen LogP contribution in [0.25, 0.3) is 0 Å². The maximum Gasteiger partial charge on any atom is 0.221 e. The molecule has 0 aromatic heterocycles. The Kier molecular flexibility index (Phi) is 6.02. The molecule has 4 nitrogen and oxygen atoms in total. The summed E-state index contributed by atoms with van der Waals surface area (Å²) in [6.45, 7) is 16.0. The lowest BCUT2D eigenvalue weighted by atomic mass is 9.98. The minimum atomic E-state index is 0.0817. The number of rotatable bonds is 4. The topological polar surface area (TPSA) is 44.4 Å². The van der Waals surface area contributed by atoms with Gasteiger partial charge in [0.25, 0.3) is 0 Å². The van der Waals surface area contributed by atoms with Crippen LogP contribution in [0.4, 0.5) is 0 Å². The van der Waals surface area contributed by atoms with Gasteiger partial charge in [-0.05, 0) is 54.4 Å². The van der Waals surface area contributed by atoms with Crippen molar-refractivity contribution >= 4 is 5.91 Å². The van der Waals surface area contributed by atoms with Gasteiger partial charge in [-0.25, -0.2) is 0 Å². The van der Waals surface area contributed by atoms with Crippen molar-refractivity contribution in [2.45, 2.75) is 77.9 Å². The van der Waals surface area contributed by atoms with Crippen LogP contribution in [0.15, 0.2) is 0 Å². The van der Waals surface area contributed by atoms with E-state index in [1.165, 1.54) is 0 Å². The minimum Gasteiger partial charge on any atom is -0.353 e. The van der Waals surface area contributed by atoms with Crippen LogP contribution in [-0.2, 0) is 4.79 Å². The summed E-state index contributed by atoms with van der Waals surface area (Å²) in [6, 6.07) is 0.357. The molecule has 1 aliphatic heterocycles. The van der Waals surface area contributed by atoms with Gasteiger partial charge in [-0.15, -0.1) is 0 Å². The van der Waals surface area contributed by atoms with E-state index in [1.54, 1.807) is 0 Å². The zero-order chi connectivity index (χ0) is 15.4. The molecule has 2 N–H and O–H groups in total. The highest BCUT2D eigenvalue weighted by molar-refractivity contribution is 5.76. The van der Waals surface area contributed by atoms with Gasteiger partial charge in [0.15, 0.2) is 0 Å². The number of amides is 1. The first-order valence-electron chi connectivity index (χ1n) is 7.87. The van der Waals surface area contributed by atoms with Crippen molar-refractivity contribution in [1.82, 2.24) is 15.5 Å². The summed E-state index contributed by atoms with van der Waals surface area (Å²) >= 11 is 0. The molecule has 0 spiro atoms. The summed E-state index contributed by atoms with van der Waals surface area (Å²) in [5, 5.41) is 6.52. The Morgan fingerprint density at radius 1 is 1.10 bits per heavy atom. The normalized spacial score (nSPS) is 19.1. The first-order valence-corrected chi connectivity index (χ1v) is 7.87. The Hall–Kier alpha value is -0.610. The molecule has 0 bridgehead atoms. The molecule has 0 aromatic carbocycles. The average Bonchev–Trinajstić information content (AvgIpc) is 2.26. The molecule has 1 amide bonds. The molecule has 1 rings (SSSR count). The Bertz CT molecular complexity index is 307. The molecule has 0 aliphatic carbocycles. The lowest BCUT2D eigenvalue weighted by Crippen LogP contribution is -2.51. The third-order valence-corrected chi connectivity index (χ3v) is 3.82. The lowest BCUT2D eigenvalue weighted by molar-refractivity contribution is -0.122. The molecule has 0 atom stereocenters. The fraction of sp³-hybridized carbons (Fsp3) is 0.938. The standard InChI is InChI=1S/C16H33N3O/c1-15(2,3)17-10-7-14(20)18-13-8-11-19(12-9-13)16(4,5)6/h13,17H,7-12H2,1-6H3,(H,18,20). The van der Waals surface area contributed by atoms with Crippen molar-refractivity contribution < 1.29 is 4.79 Å². The molecule has 1 aliphatic rings. The summed E-state index contributed by atoms with van der Waals surface area (Å²) in [5.74, 6) is 0.177. The molecule has 0 saturated carbocycles. The van der Waals surface area contributed by atoms with E-state index in [4.69, 9.17) is 0 Å². The zero-order valence-corrected chi connectivity index (χ0v) is 14.2. The summed E-state index contributed by atoms with van der Waals surface area (Å²) in [7, 11) is 0. The van der Waals surface area contributed by atoms with Crippen molar-refractivity contribution in [1.29, 1.82) is 0 Å². The second-order valence-corrected chi connectivity index (χ2v) is 7.93. The second-order valence-electron chi connectivity index (χ2n) is 7.93. The molecular weight excluding hydrogens is 250 g/mol. The Morgan fingerprint density at radius 2 is 1.65 bits per heavy atom. The van der Waals surface area contributed by atoms with E-state index in [2.05, 4.69) is 57.1 Å². The van der Waals surface area contributed by atoms with E-state index in [-0.39, 0.29) is 17.0 Å². The van der Waals surface area contributed by atoms with E-state index in [0.717, 1.165) is 32.5 Å². The number of hydrogen-bond donors (Lipinski definition) is 2. The third kappa shape index (κ3) is 6.71. The molecule has 0 aromatic rings. The van der Waals surface area contributed by atoms with Crippen molar-refractivity contribution in [3.05, 3.63) is 0 Å². The SMILES string of the molecule is CC(C)(C)NCCC(=O)NC1CCN(C(C)(C)C)CC1. The number of nitrogens with zero attached hydrogens (tertiary/aromatic N) is 1. The summed E-state index contributed by atoms with van der Waals surface area (Å²) in [6.07, 6.45) is 2.70. The predicted molar refractivity (Wildman–Crippen MR) is 84.9 cm³/mol. The third-order valence-electron chi connectivity index (χ3n) is 3.82. The Labute approximate surface area is 124 Å². The van der Waals surface area contributed by atoms with Crippen molar-refractivity contribution in [3.8, 4) is 0 Å². The number of carbonyl (C=O) groups is 1. The summed E-state index contributed by atoms with van der Waals surface area (Å²) in [4.78, 5) is 14.4. The van der Waals surface area contributed by atoms with Crippen LogP contribution in [0.5, 0.6) is 0 Å². The highest BCUT2D eigenvalue weighted by atomic mass is 16.1. The van der Waals surface area contributed by atoms with E-state index < -0.39 is 0 Å². The van der Waals surface area contributed by atoms with Gasteiger partial charge >= 0.3 is 0 Å². The van der Waals surface area contributed by atoms with Gasteiger partial charge in [0, 0.05) is 43.2 Å². The number of piperidine rings is 1. The van der Waals surface area contributed by atoms with Gasteiger partial charge in [0.2, 0.25) is 5.91 Å². The fourth-order valence-corrected chi connectivity index (χ4v) is 2.55. The van der Waals surface area contributed by atoms with E-state index in [0.29, 0.717) is 12.5 Å². The van der Waals surface area contributed by atoms with Gasteiger partial charge < -0.3 is 10.6 Å². The Morgan fingerprint density at radius 3 is 2.10 bits per heavy atom. The molecule has 1 heterocycles. The minimum absolute atomic E-state index is 0.0817. The maximum absolute atomic E-state index is 11.9. The fourth-order valence-electron chi connectivity index (χ4n) is 2.55. The molecule has 118 valence electrons. The lowest BCUT2D eigenvalue weighted by Gasteiger charge is -2.41. The van der Waals surface area contributed by atoms with Gasteiger partial charge in [-0.2, -0.15) is 0 Å². The van der Waals surface area contributed by atoms with Gasteiger partial charge in [0.05, 0.1) is 0 Å². The van der Waals surface area contributed by atoms with Gasteiger partial charge in [0.1, 0.15) is 0 Å². The smallest absolute Gasteiger partial charge is 0.221 e. The zero-order valence-electron chi connectivity index (χ0n) is 14.2. The quantitative estimate of drug-likeness (QED) is 0.831. The molecule has 1 fully saturated rings. The van der Waals surface area contributed by atoms with Crippen LogP contribution in [0.2, 0.25) is 0 Å². The summed E-state index contributed by atoms with van der Waals surface area (Å²) < 4.78 is 0. The molecule has 0 unspecified atom stereocenters. The number of hydrogen-bond acceptors (Lipinski definition) is 3. The first kappa shape index (κ1) is 17.4. The number of likely N-dealkylation sites (tertiary alicyclic amines) is 1. The van der Waals surface area contributed by atoms with Crippen LogP contribution >= 0.6 is 0 Å². The molecule has 20 heavy (non-hydrogen) atoms. The summed E-state index contributed by atoms with van der Waals surface area (Å²) in [5.41, 5.74) is 0.323. The maximum atomic E-state index is 11.9. The monoisotopic (exact) mass is 283 g/mol. The number of carbonyl (C=O) groups excluding carboxylic acids is 1. The van der Waals surface area contributed by atoms with Gasteiger partial charge in [-0.1, -0.05) is 0 Å². The van der Waals surface area contributed by atoms with E-state index >= 15 is 0 Å². The van der Waals surface area contributed by atoms with Crippen LogP contribution in [0.3, 0.4) is 0 Å². The van der Waals surface area contributed by atoms with Crippen molar-refractivity contribution in [2.75, 3.05) is 19.6 Å². The van der Waals surface area contributed by atoms with E-state index in [1.807, 2.05) is 0 Å². The van der Waals surface area contributed by atoms with Gasteiger partial charge in [-0.3, -0.25) is 9.69 Å². The van der Waals surface area contributed by atoms with Crippen molar-refractivity contribution in [3.63, 3.8) is 0 Å².